The Balaban J connectivity index is 1.93. The summed E-state index contributed by atoms with van der Waals surface area (Å²) < 4.78 is 0. The molecular weight excluding hydrogens is 210 g/mol. The van der Waals surface area contributed by atoms with Crippen LogP contribution in [0.5, 0.6) is 0 Å². The molecule has 2 aliphatic rings. The molecule has 2 fully saturated rings. The van der Waals surface area contributed by atoms with Crippen molar-refractivity contribution in [3.63, 3.8) is 0 Å². The molecule has 0 aromatic rings. The number of hydrogen-bond acceptors (Lipinski definition) is 3. The fourth-order valence-electron chi connectivity index (χ4n) is 3.47. The first-order valence-corrected chi connectivity index (χ1v) is 7.35. The Morgan fingerprint density at radius 3 is 2.71 bits per heavy atom. The highest BCUT2D eigenvalue weighted by Crippen LogP contribution is 2.27. The van der Waals surface area contributed by atoms with Crippen LogP contribution in [0.4, 0.5) is 0 Å². The van der Waals surface area contributed by atoms with E-state index in [1.165, 1.54) is 51.7 Å². The predicted octanol–water partition coefficient (Wildman–Crippen LogP) is 1.53. The smallest absolute Gasteiger partial charge is 0.0111 e. The van der Waals surface area contributed by atoms with Crippen LogP contribution in [0.2, 0.25) is 0 Å². The molecule has 0 spiro atoms. The Morgan fingerprint density at radius 2 is 1.94 bits per heavy atom. The fraction of sp³-hybridized carbons (Fsp3) is 1.00. The first-order chi connectivity index (χ1) is 8.20. The van der Waals surface area contributed by atoms with Crippen molar-refractivity contribution in [2.45, 2.75) is 51.1 Å². The van der Waals surface area contributed by atoms with Crippen molar-refractivity contribution in [2.24, 2.45) is 11.7 Å². The summed E-state index contributed by atoms with van der Waals surface area (Å²) in [6.07, 6.45) is 6.76. The average molecular weight is 239 g/mol. The minimum Gasteiger partial charge on any atom is -0.330 e. The van der Waals surface area contributed by atoms with Crippen LogP contribution in [0.15, 0.2) is 0 Å². The van der Waals surface area contributed by atoms with Gasteiger partial charge in [-0.3, -0.25) is 4.90 Å². The molecule has 0 radical (unpaired) electrons. The Bertz CT molecular complexity index is 232. The highest BCUT2D eigenvalue weighted by atomic mass is 15.2. The highest BCUT2D eigenvalue weighted by Gasteiger charge is 2.30. The maximum Gasteiger partial charge on any atom is 0.0111 e. The SMILES string of the molecule is CC1CCC(CN)CN1C1CCCN(C)CC1. The van der Waals surface area contributed by atoms with Gasteiger partial charge in [-0.05, 0) is 71.6 Å². The monoisotopic (exact) mass is 239 g/mol. The third kappa shape index (κ3) is 3.43. The summed E-state index contributed by atoms with van der Waals surface area (Å²) in [5, 5.41) is 0. The van der Waals surface area contributed by atoms with Crippen LogP contribution in [0.1, 0.15) is 39.0 Å². The number of piperidine rings is 1. The third-order valence-electron chi connectivity index (χ3n) is 4.75. The van der Waals surface area contributed by atoms with Crippen LogP contribution < -0.4 is 5.73 Å². The first kappa shape index (κ1) is 13.3. The molecular formula is C14H29N3. The van der Waals surface area contributed by atoms with Crippen molar-refractivity contribution in [2.75, 3.05) is 33.2 Å². The van der Waals surface area contributed by atoms with E-state index in [0.29, 0.717) is 0 Å². The minimum absolute atomic E-state index is 0.743. The van der Waals surface area contributed by atoms with Gasteiger partial charge in [-0.2, -0.15) is 0 Å². The fourth-order valence-corrected chi connectivity index (χ4v) is 3.47. The summed E-state index contributed by atoms with van der Waals surface area (Å²) in [5.74, 6) is 0.743. The lowest BCUT2D eigenvalue weighted by Crippen LogP contribution is -2.49. The van der Waals surface area contributed by atoms with Crippen LogP contribution in [0.25, 0.3) is 0 Å². The second kappa shape index (κ2) is 6.17. The summed E-state index contributed by atoms with van der Waals surface area (Å²) in [5.41, 5.74) is 5.86. The molecule has 100 valence electrons. The van der Waals surface area contributed by atoms with E-state index in [9.17, 15) is 0 Å². The molecule has 3 unspecified atom stereocenters. The number of nitrogens with two attached hydrogens (primary N) is 1. The van der Waals surface area contributed by atoms with E-state index in [-0.39, 0.29) is 0 Å². The number of likely N-dealkylation sites (tertiary alicyclic amines) is 2. The zero-order valence-corrected chi connectivity index (χ0v) is 11.6. The van der Waals surface area contributed by atoms with Gasteiger partial charge >= 0.3 is 0 Å². The van der Waals surface area contributed by atoms with Crippen molar-refractivity contribution in [3.05, 3.63) is 0 Å². The molecule has 3 heteroatoms. The minimum atomic E-state index is 0.743. The molecule has 3 atom stereocenters. The van der Waals surface area contributed by atoms with Gasteiger partial charge in [0.1, 0.15) is 0 Å². The van der Waals surface area contributed by atoms with E-state index in [1.807, 2.05) is 0 Å². The van der Waals surface area contributed by atoms with Crippen molar-refractivity contribution in [1.29, 1.82) is 0 Å². The first-order valence-electron chi connectivity index (χ1n) is 7.35. The van der Waals surface area contributed by atoms with Gasteiger partial charge in [0, 0.05) is 18.6 Å². The molecule has 17 heavy (non-hydrogen) atoms. The highest BCUT2D eigenvalue weighted by molar-refractivity contribution is 4.86. The van der Waals surface area contributed by atoms with Crippen molar-refractivity contribution < 1.29 is 0 Å². The lowest BCUT2D eigenvalue weighted by atomic mass is 9.90. The van der Waals surface area contributed by atoms with Crippen LogP contribution in [-0.2, 0) is 0 Å². The summed E-state index contributed by atoms with van der Waals surface area (Å²) in [7, 11) is 2.25. The zero-order valence-electron chi connectivity index (χ0n) is 11.6. The lowest BCUT2D eigenvalue weighted by molar-refractivity contribution is 0.0666. The van der Waals surface area contributed by atoms with Crippen LogP contribution in [0, 0.1) is 5.92 Å². The van der Waals surface area contributed by atoms with Crippen LogP contribution in [0.3, 0.4) is 0 Å². The van der Waals surface area contributed by atoms with Gasteiger partial charge in [0.25, 0.3) is 0 Å². The Hall–Kier alpha value is -0.120. The number of rotatable bonds is 2. The molecule has 2 aliphatic heterocycles. The van der Waals surface area contributed by atoms with Gasteiger partial charge in [-0.25, -0.2) is 0 Å². The summed E-state index contributed by atoms with van der Waals surface area (Å²) in [6, 6.07) is 1.58. The quantitative estimate of drug-likeness (QED) is 0.793. The molecule has 0 saturated carbocycles. The maximum atomic E-state index is 5.86. The summed E-state index contributed by atoms with van der Waals surface area (Å²) in [4.78, 5) is 5.25. The van der Waals surface area contributed by atoms with Gasteiger partial charge in [0.2, 0.25) is 0 Å². The van der Waals surface area contributed by atoms with Gasteiger partial charge < -0.3 is 10.6 Å². The molecule has 0 aromatic heterocycles. The van der Waals surface area contributed by atoms with Crippen molar-refractivity contribution >= 4 is 0 Å². The van der Waals surface area contributed by atoms with E-state index < -0.39 is 0 Å². The van der Waals surface area contributed by atoms with Crippen LogP contribution >= 0.6 is 0 Å². The van der Waals surface area contributed by atoms with E-state index in [0.717, 1.165) is 24.5 Å². The van der Waals surface area contributed by atoms with E-state index in [1.54, 1.807) is 0 Å². The average Bonchev–Trinajstić information content (AvgIpc) is 2.55. The van der Waals surface area contributed by atoms with Gasteiger partial charge in [-0.15, -0.1) is 0 Å². The second-order valence-corrected chi connectivity index (χ2v) is 6.11. The van der Waals surface area contributed by atoms with Gasteiger partial charge in [0.15, 0.2) is 0 Å². The Morgan fingerprint density at radius 1 is 1.12 bits per heavy atom. The molecule has 0 aromatic carbocycles. The van der Waals surface area contributed by atoms with Crippen molar-refractivity contribution in [1.82, 2.24) is 9.80 Å². The molecule has 2 rings (SSSR count). The maximum absolute atomic E-state index is 5.86. The summed E-state index contributed by atoms with van der Waals surface area (Å²) >= 11 is 0. The van der Waals surface area contributed by atoms with Gasteiger partial charge in [0.05, 0.1) is 0 Å². The molecule has 2 heterocycles. The molecule has 3 nitrogen and oxygen atoms in total. The number of nitrogens with zero attached hydrogens (tertiary/aromatic N) is 2. The summed E-state index contributed by atoms with van der Waals surface area (Å²) in [6.45, 7) is 7.06. The Labute approximate surface area is 106 Å². The Kier molecular flexibility index (Phi) is 4.83. The normalized spacial score (nSPS) is 37.9. The number of hydrogen-bond donors (Lipinski definition) is 1. The molecule has 2 saturated heterocycles. The molecule has 2 N–H and O–H groups in total. The standard InChI is InChI=1S/C14H29N3/c1-12-5-6-13(10-15)11-17(12)14-4-3-8-16(2)9-7-14/h12-14H,3-11,15H2,1-2H3. The van der Waals surface area contributed by atoms with Crippen molar-refractivity contribution in [3.8, 4) is 0 Å². The molecule has 0 amide bonds. The zero-order chi connectivity index (χ0) is 12.3. The topological polar surface area (TPSA) is 32.5 Å². The van der Waals surface area contributed by atoms with E-state index >= 15 is 0 Å². The molecule has 0 aliphatic carbocycles. The van der Waals surface area contributed by atoms with E-state index in [4.69, 9.17) is 5.73 Å². The third-order valence-corrected chi connectivity index (χ3v) is 4.75. The van der Waals surface area contributed by atoms with Crippen LogP contribution in [-0.4, -0.2) is 55.1 Å². The van der Waals surface area contributed by atoms with Gasteiger partial charge in [-0.1, -0.05) is 0 Å². The lowest BCUT2D eigenvalue weighted by Gasteiger charge is -2.42. The van der Waals surface area contributed by atoms with E-state index in [2.05, 4.69) is 23.8 Å². The largest absolute Gasteiger partial charge is 0.330 e. The predicted molar refractivity (Wildman–Crippen MR) is 73.1 cm³/mol. The second-order valence-electron chi connectivity index (χ2n) is 6.11. The molecule has 0 bridgehead atoms.